The summed E-state index contributed by atoms with van der Waals surface area (Å²) in [5.41, 5.74) is 0.451. The molecule has 1 aliphatic heterocycles. The maximum Gasteiger partial charge on any atom is 0.251 e. The molecular formula is C18H22N4O3. The molecule has 3 N–H and O–H groups in total. The summed E-state index contributed by atoms with van der Waals surface area (Å²) in [6.45, 7) is 1.64. The van der Waals surface area contributed by atoms with Gasteiger partial charge in [0, 0.05) is 36.5 Å². The molecular weight excluding hydrogens is 320 g/mol. The lowest BCUT2D eigenvalue weighted by Gasteiger charge is -2.32. The van der Waals surface area contributed by atoms with Gasteiger partial charge in [-0.1, -0.05) is 12.1 Å². The number of hydrogen-bond acceptors (Lipinski definition) is 6. The molecule has 1 aliphatic rings. The van der Waals surface area contributed by atoms with Gasteiger partial charge in [-0.15, -0.1) is 0 Å². The number of nitrogens with zero attached hydrogens (tertiary/aromatic N) is 2. The van der Waals surface area contributed by atoms with Crippen LogP contribution in [0.2, 0.25) is 0 Å². The first-order valence-electron chi connectivity index (χ1n) is 8.28. The minimum Gasteiger partial charge on any atom is -0.481 e. The van der Waals surface area contributed by atoms with Crippen LogP contribution in [0.3, 0.4) is 0 Å². The van der Waals surface area contributed by atoms with Gasteiger partial charge in [0.2, 0.25) is 5.88 Å². The Morgan fingerprint density at radius 1 is 1.36 bits per heavy atom. The Labute approximate surface area is 146 Å². The third-order valence-electron chi connectivity index (χ3n) is 4.27. The lowest BCUT2D eigenvalue weighted by Crippen LogP contribution is -2.52. The molecule has 1 atom stereocenters. The third kappa shape index (κ3) is 4.32. The van der Waals surface area contributed by atoms with Gasteiger partial charge in [-0.3, -0.25) is 4.79 Å². The number of carbonyl (C=O) groups is 1. The van der Waals surface area contributed by atoms with Gasteiger partial charge in [0.1, 0.15) is 0 Å². The molecule has 7 nitrogen and oxygen atoms in total. The monoisotopic (exact) mass is 342 g/mol. The highest BCUT2D eigenvalue weighted by atomic mass is 16.5. The first kappa shape index (κ1) is 17.3. The van der Waals surface area contributed by atoms with E-state index < -0.39 is 5.60 Å². The van der Waals surface area contributed by atoms with E-state index >= 15 is 0 Å². The Hall–Kier alpha value is -2.51. The largest absolute Gasteiger partial charge is 0.481 e. The van der Waals surface area contributed by atoms with Gasteiger partial charge in [-0.2, -0.15) is 4.98 Å². The molecule has 1 amide bonds. The molecule has 0 bridgehead atoms. The van der Waals surface area contributed by atoms with E-state index in [1.807, 2.05) is 0 Å². The number of amides is 1. The van der Waals surface area contributed by atoms with Gasteiger partial charge in [0.15, 0.2) is 5.82 Å². The fraction of sp³-hybridized carbons (Fsp3) is 0.389. The van der Waals surface area contributed by atoms with Crippen LogP contribution in [0.4, 0.5) is 0 Å². The number of benzene rings is 1. The highest BCUT2D eigenvalue weighted by Crippen LogP contribution is 2.18. The van der Waals surface area contributed by atoms with Crippen LogP contribution in [-0.4, -0.2) is 53.3 Å². The standard InChI is InChI=1S/C18H22N4O3/c1-25-15-7-10-20-16(22-15)13-3-5-14(6-4-13)17(23)21-12-18(24)8-2-9-19-11-18/h3-7,10,19,24H,2,8-9,11-12H2,1H3,(H,21,23)/t18-/m1/s1. The summed E-state index contributed by atoms with van der Waals surface area (Å²) in [5, 5.41) is 16.4. The number of carbonyl (C=O) groups excluding carboxylic acids is 1. The maximum atomic E-state index is 12.3. The molecule has 1 saturated heterocycles. The molecule has 132 valence electrons. The number of β-amino-alcohol motifs (C(OH)–C–C–N with tert-alkyl or cyclic N) is 1. The Morgan fingerprint density at radius 2 is 2.16 bits per heavy atom. The van der Waals surface area contributed by atoms with Crippen molar-refractivity contribution in [1.82, 2.24) is 20.6 Å². The SMILES string of the molecule is COc1ccnc(-c2ccc(C(=O)NC[C@@]3(O)CCCNC3)cc2)n1. The quantitative estimate of drug-likeness (QED) is 0.750. The average Bonchev–Trinajstić information content (AvgIpc) is 2.67. The van der Waals surface area contributed by atoms with Crippen LogP contribution >= 0.6 is 0 Å². The van der Waals surface area contributed by atoms with Crippen molar-refractivity contribution in [1.29, 1.82) is 0 Å². The van der Waals surface area contributed by atoms with Gasteiger partial charge < -0.3 is 20.5 Å². The molecule has 2 aromatic rings. The second-order valence-corrected chi connectivity index (χ2v) is 6.19. The second-order valence-electron chi connectivity index (χ2n) is 6.19. The summed E-state index contributed by atoms with van der Waals surface area (Å²) in [6.07, 6.45) is 3.22. The fourth-order valence-electron chi connectivity index (χ4n) is 2.82. The average molecular weight is 342 g/mol. The Bertz CT molecular complexity index is 727. The number of ether oxygens (including phenoxy) is 1. The van der Waals surface area contributed by atoms with Crippen molar-refractivity contribution < 1.29 is 14.6 Å². The van der Waals surface area contributed by atoms with Gasteiger partial charge >= 0.3 is 0 Å². The first-order chi connectivity index (χ1) is 12.1. The molecule has 7 heteroatoms. The number of piperidine rings is 1. The van der Waals surface area contributed by atoms with Crippen molar-refractivity contribution in [3.8, 4) is 17.3 Å². The van der Waals surface area contributed by atoms with Crippen LogP contribution in [-0.2, 0) is 0 Å². The molecule has 3 rings (SSSR count). The highest BCUT2D eigenvalue weighted by Gasteiger charge is 2.29. The van der Waals surface area contributed by atoms with Crippen molar-refractivity contribution in [2.24, 2.45) is 0 Å². The lowest BCUT2D eigenvalue weighted by molar-refractivity contribution is 0.0170. The van der Waals surface area contributed by atoms with Crippen molar-refractivity contribution in [3.05, 3.63) is 42.1 Å². The van der Waals surface area contributed by atoms with Gasteiger partial charge in [-0.25, -0.2) is 4.98 Å². The number of nitrogens with one attached hydrogen (secondary N) is 2. The summed E-state index contributed by atoms with van der Waals surface area (Å²) >= 11 is 0. The molecule has 2 heterocycles. The second kappa shape index (κ2) is 7.58. The van der Waals surface area contributed by atoms with Gasteiger partial charge in [0.05, 0.1) is 12.7 Å². The van der Waals surface area contributed by atoms with E-state index in [0.29, 0.717) is 30.2 Å². The number of rotatable bonds is 5. The predicted molar refractivity (Wildman–Crippen MR) is 93.4 cm³/mol. The van der Waals surface area contributed by atoms with E-state index in [4.69, 9.17) is 4.74 Å². The molecule has 0 radical (unpaired) electrons. The third-order valence-corrected chi connectivity index (χ3v) is 4.27. The molecule has 1 aromatic heterocycles. The molecule has 25 heavy (non-hydrogen) atoms. The van der Waals surface area contributed by atoms with Crippen LogP contribution in [0.5, 0.6) is 5.88 Å². The van der Waals surface area contributed by atoms with Crippen LogP contribution in [0.25, 0.3) is 11.4 Å². The summed E-state index contributed by atoms with van der Waals surface area (Å²) in [7, 11) is 1.55. The van der Waals surface area contributed by atoms with E-state index in [0.717, 1.165) is 18.5 Å². The van der Waals surface area contributed by atoms with Crippen LogP contribution in [0.15, 0.2) is 36.5 Å². The van der Waals surface area contributed by atoms with Crippen LogP contribution < -0.4 is 15.4 Å². The molecule has 0 unspecified atom stereocenters. The fourth-order valence-corrected chi connectivity index (χ4v) is 2.82. The Kier molecular flexibility index (Phi) is 5.25. The lowest BCUT2D eigenvalue weighted by atomic mass is 9.94. The van der Waals surface area contributed by atoms with Crippen molar-refractivity contribution in [2.45, 2.75) is 18.4 Å². The minimum atomic E-state index is -0.873. The smallest absolute Gasteiger partial charge is 0.251 e. The minimum absolute atomic E-state index is 0.211. The summed E-state index contributed by atoms with van der Waals surface area (Å²) in [4.78, 5) is 20.8. The number of aliphatic hydroxyl groups is 1. The van der Waals surface area contributed by atoms with E-state index in [9.17, 15) is 9.90 Å². The highest BCUT2D eigenvalue weighted by molar-refractivity contribution is 5.94. The first-order valence-corrected chi connectivity index (χ1v) is 8.28. The summed E-state index contributed by atoms with van der Waals surface area (Å²) < 4.78 is 5.09. The maximum absolute atomic E-state index is 12.3. The van der Waals surface area contributed by atoms with Crippen LogP contribution in [0.1, 0.15) is 23.2 Å². The van der Waals surface area contributed by atoms with E-state index in [2.05, 4.69) is 20.6 Å². The van der Waals surface area contributed by atoms with Gasteiger partial charge in [0.25, 0.3) is 5.91 Å². The molecule has 0 saturated carbocycles. The zero-order valence-electron chi connectivity index (χ0n) is 14.2. The molecule has 1 fully saturated rings. The number of hydrogen-bond donors (Lipinski definition) is 3. The van der Waals surface area contributed by atoms with Gasteiger partial charge in [-0.05, 0) is 31.5 Å². The van der Waals surface area contributed by atoms with E-state index in [-0.39, 0.29) is 12.5 Å². The molecule has 0 spiro atoms. The van der Waals surface area contributed by atoms with E-state index in [1.165, 1.54) is 0 Å². The zero-order chi connectivity index (χ0) is 17.7. The Balaban J connectivity index is 1.64. The van der Waals surface area contributed by atoms with Crippen molar-refractivity contribution in [2.75, 3.05) is 26.7 Å². The zero-order valence-corrected chi connectivity index (χ0v) is 14.2. The van der Waals surface area contributed by atoms with Crippen LogP contribution in [0, 0.1) is 0 Å². The van der Waals surface area contributed by atoms with Crippen molar-refractivity contribution in [3.63, 3.8) is 0 Å². The summed E-state index contributed by atoms with van der Waals surface area (Å²) in [6, 6.07) is 8.70. The number of methoxy groups -OCH3 is 1. The Morgan fingerprint density at radius 3 is 2.84 bits per heavy atom. The normalized spacial score (nSPS) is 20.1. The molecule has 0 aliphatic carbocycles. The number of aromatic nitrogens is 2. The summed E-state index contributed by atoms with van der Waals surface area (Å²) in [5.74, 6) is 0.812. The van der Waals surface area contributed by atoms with Crippen molar-refractivity contribution >= 4 is 5.91 Å². The predicted octanol–water partition coefficient (Wildman–Crippen LogP) is 0.996. The van der Waals surface area contributed by atoms with E-state index in [1.54, 1.807) is 43.6 Å². The topological polar surface area (TPSA) is 96.4 Å². The molecule has 1 aromatic carbocycles.